The van der Waals surface area contributed by atoms with E-state index >= 15 is 0 Å². The third kappa shape index (κ3) is 4.02. The SMILES string of the molecule is Cc1cc2n(CCNC(=O)Nc3ccc(C(C)(C)C)cc3)ccn2n1. The Labute approximate surface area is 147 Å². The molecule has 0 unspecified atom stereocenters. The highest BCUT2D eigenvalue weighted by Crippen LogP contribution is 2.23. The lowest BCUT2D eigenvalue weighted by Gasteiger charge is -2.19. The molecule has 2 amide bonds. The van der Waals surface area contributed by atoms with E-state index in [9.17, 15) is 4.79 Å². The van der Waals surface area contributed by atoms with Crippen LogP contribution in [0, 0.1) is 6.92 Å². The minimum Gasteiger partial charge on any atom is -0.336 e. The maximum Gasteiger partial charge on any atom is 0.319 e. The topological polar surface area (TPSA) is 63.4 Å². The molecule has 0 aliphatic rings. The van der Waals surface area contributed by atoms with Crippen LogP contribution in [-0.4, -0.2) is 26.8 Å². The molecule has 0 fully saturated rings. The largest absolute Gasteiger partial charge is 0.336 e. The standard InChI is InChI=1S/C19H25N5O/c1-14-13-17-23(11-12-24(17)22-14)10-9-20-18(25)21-16-7-5-15(6-8-16)19(2,3)4/h5-8,11-13H,9-10H2,1-4H3,(H2,20,21,25). The number of benzene rings is 1. The molecular weight excluding hydrogens is 314 g/mol. The van der Waals surface area contributed by atoms with Gasteiger partial charge in [0.1, 0.15) is 5.65 Å². The van der Waals surface area contributed by atoms with Gasteiger partial charge in [0.25, 0.3) is 0 Å². The summed E-state index contributed by atoms with van der Waals surface area (Å²) in [6.07, 6.45) is 3.88. The molecule has 0 bridgehead atoms. The van der Waals surface area contributed by atoms with Gasteiger partial charge in [0.05, 0.1) is 5.69 Å². The summed E-state index contributed by atoms with van der Waals surface area (Å²) in [5.41, 5.74) is 4.15. The minimum atomic E-state index is -0.198. The molecule has 0 aliphatic carbocycles. The molecule has 6 nitrogen and oxygen atoms in total. The average molecular weight is 339 g/mol. The highest BCUT2D eigenvalue weighted by molar-refractivity contribution is 5.89. The van der Waals surface area contributed by atoms with Crippen molar-refractivity contribution in [3.8, 4) is 0 Å². The van der Waals surface area contributed by atoms with Crippen molar-refractivity contribution in [2.75, 3.05) is 11.9 Å². The van der Waals surface area contributed by atoms with Crippen molar-refractivity contribution >= 4 is 17.4 Å². The number of hydrogen-bond donors (Lipinski definition) is 2. The van der Waals surface area contributed by atoms with Crippen LogP contribution in [0.15, 0.2) is 42.7 Å². The Hall–Kier alpha value is -2.76. The molecule has 2 aromatic heterocycles. The Kier molecular flexibility index (Phi) is 4.53. The Bertz CT molecular complexity index is 867. The number of fused-ring (bicyclic) bond motifs is 1. The minimum absolute atomic E-state index is 0.106. The van der Waals surface area contributed by atoms with Gasteiger partial charge in [0, 0.05) is 37.2 Å². The van der Waals surface area contributed by atoms with E-state index in [1.807, 2.05) is 54.2 Å². The zero-order chi connectivity index (χ0) is 18.0. The van der Waals surface area contributed by atoms with Crippen molar-refractivity contribution in [1.82, 2.24) is 19.5 Å². The van der Waals surface area contributed by atoms with Crippen LogP contribution < -0.4 is 10.6 Å². The molecule has 0 spiro atoms. The Balaban J connectivity index is 1.51. The van der Waals surface area contributed by atoms with E-state index in [0.29, 0.717) is 13.1 Å². The fraction of sp³-hybridized carbons (Fsp3) is 0.368. The van der Waals surface area contributed by atoms with Crippen molar-refractivity contribution in [3.63, 3.8) is 0 Å². The molecule has 2 heterocycles. The summed E-state index contributed by atoms with van der Waals surface area (Å²) in [7, 11) is 0. The fourth-order valence-corrected chi connectivity index (χ4v) is 2.76. The van der Waals surface area contributed by atoms with Gasteiger partial charge < -0.3 is 15.2 Å². The van der Waals surface area contributed by atoms with Crippen LogP contribution in [0.1, 0.15) is 32.0 Å². The van der Waals surface area contributed by atoms with Crippen LogP contribution in [-0.2, 0) is 12.0 Å². The number of anilines is 1. The highest BCUT2D eigenvalue weighted by atomic mass is 16.2. The van der Waals surface area contributed by atoms with Gasteiger partial charge in [-0.2, -0.15) is 5.10 Å². The van der Waals surface area contributed by atoms with Gasteiger partial charge >= 0.3 is 6.03 Å². The van der Waals surface area contributed by atoms with Gasteiger partial charge in [-0.25, -0.2) is 9.31 Å². The molecule has 0 saturated carbocycles. The zero-order valence-corrected chi connectivity index (χ0v) is 15.2. The zero-order valence-electron chi connectivity index (χ0n) is 15.2. The van der Waals surface area contributed by atoms with E-state index in [1.165, 1.54) is 5.56 Å². The van der Waals surface area contributed by atoms with Gasteiger partial charge in [-0.3, -0.25) is 0 Å². The molecule has 6 heteroatoms. The summed E-state index contributed by atoms with van der Waals surface area (Å²) in [6.45, 7) is 9.71. The third-order valence-electron chi connectivity index (χ3n) is 4.17. The van der Waals surface area contributed by atoms with E-state index in [-0.39, 0.29) is 11.4 Å². The molecule has 3 aromatic rings. The summed E-state index contributed by atoms with van der Waals surface area (Å²) < 4.78 is 3.91. The van der Waals surface area contributed by atoms with Gasteiger partial charge in [0.2, 0.25) is 0 Å². The summed E-state index contributed by atoms with van der Waals surface area (Å²) in [4.78, 5) is 12.0. The number of hydrogen-bond acceptors (Lipinski definition) is 2. The predicted molar refractivity (Wildman–Crippen MR) is 100 cm³/mol. The average Bonchev–Trinajstić information content (AvgIpc) is 3.07. The number of urea groups is 1. The maximum absolute atomic E-state index is 12.0. The highest BCUT2D eigenvalue weighted by Gasteiger charge is 2.13. The Morgan fingerprint density at radius 3 is 2.56 bits per heavy atom. The molecule has 0 aliphatic heterocycles. The number of rotatable bonds is 4. The number of amides is 2. The van der Waals surface area contributed by atoms with Crippen LogP contribution in [0.5, 0.6) is 0 Å². The van der Waals surface area contributed by atoms with Crippen molar-refractivity contribution in [2.45, 2.75) is 39.7 Å². The van der Waals surface area contributed by atoms with Gasteiger partial charge in [-0.1, -0.05) is 32.9 Å². The lowest BCUT2D eigenvalue weighted by molar-refractivity contribution is 0.251. The van der Waals surface area contributed by atoms with E-state index < -0.39 is 0 Å². The first-order chi connectivity index (χ1) is 11.8. The van der Waals surface area contributed by atoms with E-state index in [1.54, 1.807) is 0 Å². The summed E-state index contributed by atoms with van der Waals surface area (Å²) >= 11 is 0. The molecule has 2 N–H and O–H groups in total. The molecule has 1 aromatic carbocycles. The maximum atomic E-state index is 12.0. The summed E-state index contributed by atoms with van der Waals surface area (Å²) in [5.74, 6) is 0. The number of imidazole rings is 1. The number of nitrogens with zero attached hydrogens (tertiary/aromatic N) is 3. The second-order valence-corrected chi connectivity index (χ2v) is 7.29. The molecule has 132 valence electrons. The van der Waals surface area contributed by atoms with Crippen LogP contribution in [0.3, 0.4) is 0 Å². The quantitative estimate of drug-likeness (QED) is 0.763. The second kappa shape index (κ2) is 6.63. The third-order valence-corrected chi connectivity index (χ3v) is 4.17. The molecule has 0 atom stereocenters. The van der Waals surface area contributed by atoms with E-state index in [4.69, 9.17) is 0 Å². The predicted octanol–water partition coefficient (Wildman–Crippen LogP) is 3.56. The van der Waals surface area contributed by atoms with Gasteiger partial charge in [0.15, 0.2) is 0 Å². The lowest BCUT2D eigenvalue weighted by atomic mass is 9.87. The van der Waals surface area contributed by atoms with Crippen LogP contribution in [0.2, 0.25) is 0 Å². The Morgan fingerprint density at radius 2 is 1.88 bits per heavy atom. The first-order valence-corrected chi connectivity index (χ1v) is 8.49. The van der Waals surface area contributed by atoms with Gasteiger partial charge in [-0.15, -0.1) is 0 Å². The fourth-order valence-electron chi connectivity index (χ4n) is 2.76. The molecule has 0 radical (unpaired) electrons. The van der Waals surface area contributed by atoms with Crippen molar-refractivity contribution in [3.05, 3.63) is 54.0 Å². The van der Waals surface area contributed by atoms with Crippen LogP contribution >= 0.6 is 0 Å². The molecule has 3 rings (SSSR count). The summed E-state index contributed by atoms with van der Waals surface area (Å²) in [6, 6.07) is 9.80. The van der Waals surface area contributed by atoms with Gasteiger partial charge in [-0.05, 0) is 30.0 Å². The van der Waals surface area contributed by atoms with Crippen LogP contribution in [0.4, 0.5) is 10.5 Å². The van der Waals surface area contributed by atoms with Crippen molar-refractivity contribution in [2.24, 2.45) is 0 Å². The number of nitrogens with one attached hydrogen (secondary N) is 2. The molecular formula is C19H25N5O. The van der Waals surface area contributed by atoms with Crippen molar-refractivity contribution in [1.29, 1.82) is 0 Å². The number of carbonyl (C=O) groups excluding carboxylic acids is 1. The van der Waals surface area contributed by atoms with E-state index in [2.05, 4.69) is 41.1 Å². The second-order valence-electron chi connectivity index (χ2n) is 7.29. The van der Waals surface area contributed by atoms with Crippen LogP contribution in [0.25, 0.3) is 5.65 Å². The van der Waals surface area contributed by atoms with E-state index in [0.717, 1.165) is 17.0 Å². The smallest absolute Gasteiger partial charge is 0.319 e. The number of aryl methyl sites for hydroxylation is 1. The van der Waals surface area contributed by atoms with Crippen molar-refractivity contribution < 1.29 is 4.79 Å². The monoisotopic (exact) mass is 339 g/mol. The Morgan fingerprint density at radius 1 is 1.16 bits per heavy atom. The summed E-state index contributed by atoms with van der Waals surface area (Å²) in [5, 5.41) is 10.1. The normalized spacial score (nSPS) is 11.7. The molecule has 25 heavy (non-hydrogen) atoms. The first-order valence-electron chi connectivity index (χ1n) is 8.49. The molecule has 0 saturated heterocycles. The number of carbonyl (C=O) groups is 1. The number of aromatic nitrogens is 3. The lowest BCUT2D eigenvalue weighted by Crippen LogP contribution is -2.31. The first kappa shape index (κ1) is 17.1.